The molecule has 1 amide bonds. The van der Waals surface area contributed by atoms with Crippen molar-refractivity contribution in [2.45, 2.75) is 26.7 Å². The van der Waals surface area contributed by atoms with Gasteiger partial charge in [-0.05, 0) is 30.5 Å². The number of aliphatic hydroxyl groups is 1. The Bertz CT molecular complexity index is 403. The van der Waals surface area contributed by atoms with E-state index >= 15 is 0 Å². The fraction of sp³-hybridized carbons (Fsp3) is 0.533. The normalized spacial score (nSPS) is 12.5. The number of likely N-dealkylation sites (N-methyl/N-ethyl adjacent to an activating group) is 1. The second-order valence-corrected chi connectivity index (χ2v) is 5.35. The highest BCUT2D eigenvalue weighted by molar-refractivity contribution is 6.30. The molecular formula is C15H22ClNO2. The van der Waals surface area contributed by atoms with E-state index in [0.29, 0.717) is 18.1 Å². The molecule has 1 N–H and O–H groups in total. The Labute approximate surface area is 120 Å². The molecule has 0 radical (unpaired) electrons. The number of aliphatic hydroxyl groups excluding tert-OH is 1. The lowest BCUT2D eigenvalue weighted by atomic mass is 9.87. The lowest BCUT2D eigenvalue weighted by Crippen LogP contribution is -2.38. The van der Waals surface area contributed by atoms with Gasteiger partial charge in [-0.1, -0.05) is 37.6 Å². The van der Waals surface area contributed by atoms with E-state index in [9.17, 15) is 4.79 Å². The number of amides is 1. The number of hydrogen-bond donors (Lipinski definition) is 1. The zero-order valence-electron chi connectivity index (χ0n) is 11.8. The maximum atomic E-state index is 12.6. The van der Waals surface area contributed by atoms with Gasteiger partial charge < -0.3 is 10.0 Å². The molecule has 0 saturated carbocycles. The summed E-state index contributed by atoms with van der Waals surface area (Å²) in [5.74, 6) is 0.0686. The third-order valence-electron chi connectivity index (χ3n) is 3.23. The van der Waals surface area contributed by atoms with Crippen molar-refractivity contribution >= 4 is 17.5 Å². The predicted octanol–water partition coefficient (Wildman–Crippen LogP) is 2.92. The molecule has 1 rings (SSSR count). The summed E-state index contributed by atoms with van der Waals surface area (Å²) >= 11 is 5.89. The van der Waals surface area contributed by atoms with Crippen LogP contribution in [0.3, 0.4) is 0 Å². The highest BCUT2D eigenvalue weighted by atomic mass is 35.5. The molecule has 0 aliphatic rings. The Kier molecular flexibility index (Phi) is 6.32. The first-order valence-electron chi connectivity index (χ1n) is 6.66. The highest BCUT2D eigenvalue weighted by Crippen LogP contribution is 2.27. The van der Waals surface area contributed by atoms with Gasteiger partial charge in [0.05, 0.1) is 12.5 Å². The van der Waals surface area contributed by atoms with Crippen molar-refractivity contribution in [2.24, 2.45) is 5.92 Å². The van der Waals surface area contributed by atoms with Crippen molar-refractivity contribution in [3.8, 4) is 0 Å². The molecule has 1 aromatic carbocycles. The number of nitrogens with zero attached hydrogens (tertiary/aromatic N) is 1. The van der Waals surface area contributed by atoms with Gasteiger partial charge >= 0.3 is 0 Å². The third-order valence-corrected chi connectivity index (χ3v) is 3.48. The van der Waals surface area contributed by atoms with Gasteiger partial charge in [0.15, 0.2) is 0 Å². The van der Waals surface area contributed by atoms with Gasteiger partial charge in [-0.3, -0.25) is 4.79 Å². The maximum Gasteiger partial charge on any atom is 0.230 e. The van der Waals surface area contributed by atoms with E-state index in [-0.39, 0.29) is 24.3 Å². The topological polar surface area (TPSA) is 40.5 Å². The van der Waals surface area contributed by atoms with Gasteiger partial charge in [-0.2, -0.15) is 0 Å². The molecule has 19 heavy (non-hydrogen) atoms. The number of halogens is 1. The number of hydrogen-bond acceptors (Lipinski definition) is 2. The van der Waals surface area contributed by atoms with Crippen molar-refractivity contribution in [1.29, 1.82) is 0 Å². The van der Waals surface area contributed by atoms with E-state index < -0.39 is 0 Å². The third kappa shape index (κ3) is 4.22. The molecule has 3 nitrogen and oxygen atoms in total. The van der Waals surface area contributed by atoms with Crippen molar-refractivity contribution in [3.63, 3.8) is 0 Å². The number of carbonyl (C=O) groups is 1. The van der Waals surface area contributed by atoms with Crippen molar-refractivity contribution < 1.29 is 9.90 Å². The number of benzene rings is 1. The summed E-state index contributed by atoms with van der Waals surface area (Å²) in [7, 11) is 0. The fourth-order valence-corrected chi connectivity index (χ4v) is 2.35. The quantitative estimate of drug-likeness (QED) is 0.872. The summed E-state index contributed by atoms with van der Waals surface area (Å²) in [6.45, 7) is 6.97. The van der Waals surface area contributed by atoms with Gasteiger partial charge in [0.2, 0.25) is 5.91 Å². The van der Waals surface area contributed by atoms with E-state index in [1.54, 1.807) is 4.90 Å². The second kappa shape index (κ2) is 7.51. The lowest BCUT2D eigenvalue weighted by Gasteiger charge is -2.28. The summed E-state index contributed by atoms with van der Waals surface area (Å²) < 4.78 is 0. The molecule has 0 saturated heterocycles. The smallest absolute Gasteiger partial charge is 0.230 e. The van der Waals surface area contributed by atoms with E-state index in [0.717, 1.165) is 5.56 Å². The van der Waals surface area contributed by atoms with Crippen LogP contribution in [-0.2, 0) is 4.79 Å². The first-order chi connectivity index (χ1) is 9.01. The molecular weight excluding hydrogens is 262 g/mol. The average Bonchev–Trinajstić information content (AvgIpc) is 2.38. The Balaban J connectivity index is 3.00. The predicted molar refractivity (Wildman–Crippen MR) is 78.4 cm³/mol. The van der Waals surface area contributed by atoms with E-state index in [1.807, 2.05) is 45.0 Å². The summed E-state index contributed by atoms with van der Waals surface area (Å²) in [4.78, 5) is 14.3. The Morgan fingerprint density at radius 3 is 2.32 bits per heavy atom. The van der Waals surface area contributed by atoms with Crippen LogP contribution in [0.2, 0.25) is 5.02 Å². The summed E-state index contributed by atoms with van der Waals surface area (Å²) in [6.07, 6.45) is 0. The molecule has 0 bridgehead atoms. The molecule has 0 aromatic heterocycles. The van der Waals surface area contributed by atoms with Crippen LogP contribution >= 0.6 is 11.6 Å². The second-order valence-electron chi connectivity index (χ2n) is 4.91. The Morgan fingerprint density at radius 2 is 1.89 bits per heavy atom. The van der Waals surface area contributed by atoms with Crippen LogP contribution < -0.4 is 0 Å². The van der Waals surface area contributed by atoms with Crippen LogP contribution in [0, 0.1) is 5.92 Å². The van der Waals surface area contributed by atoms with Gasteiger partial charge in [0.1, 0.15) is 0 Å². The average molecular weight is 284 g/mol. The van der Waals surface area contributed by atoms with Crippen molar-refractivity contribution in [1.82, 2.24) is 4.90 Å². The summed E-state index contributed by atoms with van der Waals surface area (Å²) in [6, 6.07) is 7.42. The lowest BCUT2D eigenvalue weighted by molar-refractivity contribution is -0.134. The minimum Gasteiger partial charge on any atom is -0.395 e. The molecule has 1 atom stereocenters. The van der Waals surface area contributed by atoms with E-state index in [1.165, 1.54) is 0 Å². The molecule has 0 heterocycles. The molecule has 1 aromatic rings. The van der Waals surface area contributed by atoms with Gasteiger partial charge in [0, 0.05) is 18.1 Å². The van der Waals surface area contributed by atoms with E-state index in [2.05, 4.69) is 0 Å². The molecule has 0 aliphatic carbocycles. The molecule has 0 spiro atoms. The van der Waals surface area contributed by atoms with Gasteiger partial charge in [-0.25, -0.2) is 0 Å². The van der Waals surface area contributed by atoms with Crippen LogP contribution in [0.5, 0.6) is 0 Å². The van der Waals surface area contributed by atoms with Crippen LogP contribution in [-0.4, -0.2) is 35.6 Å². The van der Waals surface area contributed by atoms with Gasteiger partial charge in [-0.15, -0.1) is 0 Å². The number of rotatable bonds is 6. The van der Waals surface area contributed by atoms with Crippen LogP contribution in [0.15, 0.2) is 24.3 Å². The van der Waals surface area contributed by atoms with E-state index in [4.69, 9.17) is 16.7 Å². The Hall–Kier alpha value is -1.06. The van der Waals surface area contributed by atoms with Crippen LogP contribution in [0.1, 0.15) is 32.3 Å². The molecule has 106 valence electrons. The van der Waals surface area contributed by atoms with Crippen molar-refractivity contribution in [3.05, 3.63) is 34.9 Å². The minimum absolute atomic E-state index is 0.00892. The van der Waals surface area contributed by atoms with Crippen LogP contribution in [0.25, 0.3) is 0 Å². The zero-order chi connectivity index (χ0) is 14.4. The van der Waals surface area contributed by atoms with Crippen molar-refractivity contribution in [2.75, 3.05) is 19.7 Å². The molecule has 0 aliphatic heterocycles. The highest BCUT2D eigenvalue weighted by Gasteiger charge is 2.27. The number of carbonyl (C=O) groups excluding carboxylic acids is 1. The monoisotopic (exact) mass is 283 g/mol. The first kappa shape index (κ1) is 16.0. The Morgan fingerprint density at radius 1 is 1.32 bits per heavy atom. The van der Waals surface area contributed by atoms with Gasteiger partial charge in [0.25, 0.3) is 0 Å². The van der Waals surface area contributed by atoms with Crippen LogP contribution in [0.4, 0.5) is 0 Å². The zero-order valence-corrected chi connectivity index (χ0v) is 12.5. The minimum atomic E-state index is -0.191. The standard InChI is InChI=1S/C15H22ClNO2/c1-4-17(9-10-18)15(19)14(11(2)3)12-5-7-13(16)8-6-12/h5-8,11,14,18H,4,9-10H2,1-3H3. The maximum absolute atomic E-state index is 12.6. The largest absolute Gasteiger partial charge is 0.395 e. The summed E-state index contributed by atoms with van der Waals surface area (Å²) in [5.41, 5.74) is 0.973. The SMILES string of the molecule is CCN(CCO)C(=O)C(c1ccc(Cl)cc1)C(C)C. The molecule has 0 fully saturated rings. The molecule has 1 unspecified atom stereocenters. The molecule has 4 heteroatoms. The summed E-state index contributed by atoms with van der Waals surface area (Å²) in [5, 5.41) is 9.70. The first-order valence-corrected chi connectivity index (χ1v) is 7.04. The fourth-order valence-electron chi connectivity index (χ4n) is 2.22.